The van der Waals surface area contributed by atoms with E-state index in [1.165, 1.54) is 0 Å². The Kier molecular flexibility index (Phi) is 4.17. The fourth-order valence-corrected chi connectivity index (χ4v) is 2.39. The Labute approximate surface area is 117 Å². The molecule has 3 N–H and O–H groups in total. The predicted octanol–water partition coefficient (Wildman–Crippen LogP) is 1.20. The number of nitriles is 1. The van der Waals surface area contributed by atoms with Crippen molar-refractivity contribution < 1.29 is 8.42 Å². The molecule has 0 amide bonds. The summed E-state index contributed by atoms with van der Waals surface area (Å²) in [6.45, 7) is 0.423. The van der Waals surface area contributed by atoms with Gasteiger partial charge in [-0.05, 0) is 18.6 Å². The van der Waals surface area contributed by atoms with Crippen LogP contribution in [0.5, 0.6) is 0 Å². The van der Waals surface area contributed by atoms with Gasteiger partial charge in [-0.3, -0.25) is 0 Å². The molecule has 0 unspecified atom stereocenters. The van der Waals surface area contributed by atoms with Gasteiger partial charge in [0.25, 0.3) is 0 Å². The minimum absolute atomic E-state index is 0.0846. The molecule has 104 valence electrons. The van der Waals surface area contributed by atoms with Gasteiger partial charge in [0.05, 0.1) is 22.9 Å². The van der Waals surface area contributed by atoms with Crippen LogP contribution < -0.4 is 10.5 Å². The SMILES string of the molecule is N#Cc1cc(NCCCS(N)(=O)=O)nc2ccccc12. The maximum absolute atomic E-state index is 10.8. The van der Waals surface area contributed by atoms with E-state index in [1.807, 2.05) is 24.3 Å². The highest BCUT2D eigenvalue weighted by Crippen LogP contribution is 2.19. The summed E-state index contributed by atoms with van der Waals surface area (Å²) in [6, 6.07) is 11.1. The number of nitrogens with one attached hydrogen (secondary N) is 1. The molecule has 1 aromatic heterocycles. The zero-order chi connectivity index (χ0) is 14.6. The van der Waals surface area contributed by atoms with Crippen LogP contribution >= 0.6 is 0 Å². The zero-order valence-corrected chi connectivity index (χ0v) is 11.5. The molecule has 1 aromatic carbocycles. The summed E-state index contributed by atoms with van der Waals surface area (Å²) in [6.07, 6.45) is 0.384. The lowest BCUT2D eigenvalue weighted by Gasteiger charge is -2.07. The Morgan fingerprint density at radius 3 is 2.80 bits per heavy atom. The first-order chi connectivity index (χ1) is 9.49. The molecule has 2 rings (SSSR count). The van der Waals surface area contributed by atoms with Gasteiger partial charge >= 0.3 is 0 Å². The van der Waals surface area contributed by atoms with E-state index in [9.17, 15) is 8.42 Å². The largest absolute Gasteiger partial charge is 0.370 e. The number of fused-ring (bicyclic) bond motifs is 1. The van der Waals surface area contributed by atoms with E-state index in [-0.39, 0.29) is 5.75 Å². The second kappa shape index (κ2) is 5.86. The van der Waals surface area contributed by atoms with Crippen LogP contribution in [0, 0.1) is 11.3 Å². The number of rotatable bonds is 5. The van der Waals surface area contributed by atoms with E-state index >= 15 is 0 Å². The molecule has 0 atom stereocenters. The van der Waals surface area contributed by atoms with Gasteiger partial charge in [-0.15, -0.1) is 0 Å². The van der Waals surface area contributed by atoms with Gasteiger partial charge in [-0.1, -0.05) is 18.2 Å². The van der Waals surface area contributed by atoms with Gasteiger partial charge in [0.15, 0.2) is 0 Å². The fourth-order valence-electron chi connectivity index (χ4n) is 1.85. The lowest BCUT2D eigenvalue weighted by Crippen LogP contribution is -2.18. The molecule has 0 saturated heterocycles. The Hall–Kier alpha value is -2.17. The highest BCUT2D eigenvalue weighted by molar-refractivity contribution is 7.89. The maximum Gasteiger partial charge on any atom is 0.209 e. The minimum atomic E-state index is -3.44. The van der Waals surface area contributed by atoms with Crippen molar-refractivity contribution in [3.63, 3.8) is 0 Å². The number of nitrogens with two attached hydrogens (primary N) is 1. The Bertz CT molecular complexity index is 766. The first-order valence-corrected chi connectivity index (χ1v) is 7.75. The van der Waals surface area contributed by atoms with E-state index in [0.29, 0.717) is 24.3 Å². The van der Waals surface area contributed by atoms with E-state index < -0.39 is 10.0 Å². The number of sulfonamides is 1. The van der Waals surface area contributed by atoms with Crippen LogP contribution in [0.2, 0.25) is 0 Å². The van der Waals surface area contributed by atoms with Crippen molar-refractivity contribution >= 4 is 26.7 Å². The Balaban J connectivity index is 2.13. The van der Waals surface area contributed by atoms with Gasteiger partial charge in [-0.2, -0.15) is 5.26 Å². The number of benzene rings is 1. The monoisotopic (exact) mass is 290 g/mol. The van der Waals surface area contributed by atoms with Gasteiger partial charge < -0.3 is 5.32 Å². The minimum Gasteiger partial charge on any atom is -0.370 e. The third-order valence-electron chi connectivity index (χ3n) is 2.75. The number of para-hydroxylation sites is 1. The molecule has 2 aromatic rings. The first-order valence-electron chi connectivity index (χ1n) is 6.04. The molecule has 7 heteroatoms. The molecule has 0 saturated carbocycles. The average Bonchev–Trinajstić information content (AvgIpc) is 2.41. The first kappa shape index (κ1) is 14.2. The molecule has 1 heterocycles. The fraction of sp³-hybridized carbons (Fsp3) is 0.231. The van der Waals surface area contributed by atoms with Crippen molar-refractivity contribution in [2.24, 2.45) is 5.14 Å². The summed E-state index contributed by atoms with van der Waals surface area (Å²) in [5, 5.41) is 17.9. The lowest BCUT2D eigenvalue weighted by molar-refractivity contribution is 0.595. The summed E-state index contributed by atoms with van der Waals surface area (Å²) in [4.78, 5) is 4.37. The number of hydrogen-bond acceptors (Lipinski definition) is 5. The summed E-state index contributed by atoms with van der Waals surface area (Å²) in [5.74, 6) is 0.466. The Morgan fingerprint density at radius 1 is 1.35 bits per heavy atom. The van der Waals surface area contributed by atoms with E-state index in [0.717, 1.165) is 10.9 Å². The second-order valence-corrected chi connectivity index (χ2v) is 6.07. The van der Waals surface area contributed by atoms with Crippen LogP contribution in [0.3, 0.4) is 0 Å². The van der Waals surface area contributed by atoms with E-state index in [2.05, 4.69) is 16.4 Å². The molecule has 0 aliphatic heterocycles. The molecule has 0 bridgehead atoms. The van der Waals surface area contributed by atoms with Gasteiger partial charge in [0.1, 0.15) is 5.82 Å². The lowest BCUT2D eigenvalue weighted by atomic mass is 10.1. The van der Waals surface area contributed by atoms with Crippen LogP contribution in [0.1, 0.15) is 12.0 Å². The van der Waals surface area contributed by atoms with Crippen LogP contribution in [-0.2, 0) is 10.0 Å². The second-order valence-electron chi connectivity index (χ2n) is 4.33. The van der Waals surface area contributed by atoms with Gasteiger partial charge in [0.2, 0.25) is 10.0 Å². The smallest absolute Gasteiger partial charge is 0.209 e. The summed E-state index contributed by atoms with van der Waals surface area (Å²) in [7, 11) is -3.44. The van der Waals surface area contributed by atoms with Gasteiger partial charge in [-0.25, -0.2) is 18.5 Å². The van der Waals surface area contributed by atoms with Crippen molar-refractivity contribution in [3.8, 4) is 6.07 Å². The molecule has 0 spiro atoms. The molecular formula is C13H14N4O2S. The van der Waals surface area contributed by atoms with Crippen LogP contribution in [0.4, 0.5) is 5.82 Å². The molecule has 0 aliphatic carbocycles. The Morgan fingerprint density at radius 2 is 2.10 bits per heavy atom. The number of nitrogens with zero attached hydrogens (tertiary/aromatic N) is 2. The van der Waals surface area contributed by atoms with Crippen molar-refractivity contribution in [1.82, 2.24) is 4.98 Å². The molecule has 20 heavy (non-hydrogen) atoms. The van der Waals surface area contributed by atoms with Crippen molar-refractivity contribution in [1.29, 1.82) is 5.26 Å². The maximum atomic E-state index is 10.8. The molecule has 0 aliphatic rings. The number of hydrogen-bond donors (Lipinski definition) is 2. The van der Waals surface area contributed by atoms with E-state index in [4.69, 9.17) is 10.4 Å². The highest BCUT2D eigenvalue weighted by atomic mass is 32.2. The summed E-state index contributed by atoms with van der Waals surface area (Å²) < 4.78 is 21.6. The quantitative estimate of drug-likeness (QED) is 0.804. The third kappa shape index (κ3) is 3.66. The molecular weight excluding hydrogens is 276 g/mol. The summed E-state index contributed by atoms with van der Waals surface area (Å²) >= 11 is 0. The number of anilines is 1. The number of aromatic nitrogens is 1. The third-order valence-corrected chi connectivity index (χ3v) is 3.61. The van der Waals surface area contributed by atoms with Crippen molar-refractivity contribution in [2.75, 3.05) is 17.6 Å². The normalized spacial score (nSPS) is 11.2. The zero-order valence-electron chi connectivity index (χ0n) is 10.7. The predicted molar refractivity (Wildman–Crippen MR) is 77.5 cm³/mol. The van der Waals surface area contributed by atoms with Crippen molar-refractivity contribution in [2.45, 2.75) is 6.42 Å². The average molecular weight is 290 g/mol. The van der Waals surface area contributed by atoms with E-state index in [1.54, 1.807) is 6.07 Å². The van der Waals surface area contributed by atoms with Crippen LogP contribution in [-0.4, -0.2) is 25.7 Å². The molecule has 0 fully saturated rings. The van der Waals surface area contributed by atoms with Crippen LogP contribution in [0.15, 0.2) is 30.3 Å². The summed E-state index contributed by atoms with van der Waals surface area (Å²) in [5.41, 5.74) is 1.25. The molecule has 0 radical (unpaired) electrons. The van der Waals surface area contributed by atoms with Crippen LogP contribution in [0.25, 0.3) is 10.9 Å². The number of primary sulfonamides is 1. The van der Waals surface area contributed by atoms with Crippen molar-refractivity contribution in [3.05, 3.63) is 35.9 Å². The number of pyridine rings is 1. The standard InChI is InChI=1S/C13H14N4O2S/c14-9-10-8-13(16-6-3-7-20(15,18)19)17-12-5-2-1-4-11(10)12/h1-2,4-5,8H,3,6-7H2,(H,16,17)(H2,15,18,19). The highest BCUT2D eigenvalue weighted by Gasteiger charge is 2.05. The molecule has 6 nitrogen and oxygen atoms in total. The van der Waals surface area contributed by atoms with Gasteiger partial charge in [0, 0.05) is 11.9 Å². The topological polar surface area (TPSA) is 109 Å².